The zero-order chi connectivity index (χ0) is 17.1. The van der Waals surface area contributed by atoms with E-state index in [1.165, 1.54) is 7.11 Å². The number of nitrogens with two attached hydrogens (primary N) is 1. The number of rotatable bonds is 5. The smallest absolute Gasteiger partial charge is 0.224 e. The molecule has 1 heterocycles. The van der Waals surface area contributed by atoms with E-state index >= 15 is 0 Å². The maximum atomic E-state index is 11.5. The number of aryl methyl sites for hydroxylation is 1. The molecule has 0 spiro atoms. The maximum Gasteiger partial charge on any atom is 0.224 e. The van der Waals surface area contributed by atoms with Gasteiger partial charge in [-0.05, 0) is 24.1 Å². The Labute approximate surface area is 136 Å². The van der Waals surface area contributed by atoms with Crippen molar-refractivity contribution in [2.45, 2.75) is 20.0 Å². The van der Waals surface area contributed by atoms with Gasteiger partial charge < -0.3 is 14.9 Å². The number of carbonyl (C=O) groups is 1. The molecule has 0 atom stereocenters. The first-order chi connectivity index (χ1) is 11.1. The zero-order valence-electron chi connectivity index (χ0n) is 13.7. The topological polar surface area (TPSA) is 86.5 Å². The van der Waals surface area contributed by atoms with Gasteiger partial charge in [-0.25, -0.2) is 10.9 Å². The van der Waals surface area contributed by atoms with Gasteiger partial charge in [-0.2, -0.15) is 0 Å². The molecule has 1 amide bonds. The van der Waals surface area contributed by atoms with Crippen LogP contribution in [0, 0.1) is 6.92 Å². The summed E-state index contributed by atoms with van der Waals surface area (Å²) in [7, 11) is 3.04. The third-order valence-electron chi connectivity index (χ3n) is 3.07. The second-order valence-electron chi connectivity index (χ2n) is 4.77. The molecule has 1 aromatic heterocycles. The van der Waals surface area contributed by atoms with E-state index < -0.39 is 0 Å². The fraction of sp³-hybridized carbons (Fsp3) is 0.294. The third kappa shape index (κ3) is 6.46. The molecule has 0 fully saturated rings. The summed E-state index contributed by atoms with van der Waals surface area (Å²) in [6.07, 6.45) is 2.07. The van der Waals surface area contributed by atoms with Gasteiger partial charge in [0.1, 0.15) is 6.61 Å². The highest BCUT2D eigenvalue weighted by Crippen LogP contribution is 2.16. The molecule has 2 rings (SSSR count). The summed E-state index contributed by atoms with van der Waals surface area (Å²) in [6, 6.07) is 11.6. The molecule has 0 aliphatic carbocycles. The van der Waals surface area contributed by atoms with Gasteiger partial charge in [-0.1, -0.05) is 30.3 Å². The minimum Gasteiger partial charge on any atom is -0.473 e. The largest absolute Gasteiger partial charge is 0.473 e. The molecule has 2 aromatic rings. The van der Waals surface area contributed by atoms with Crippen molar-refractivity contribution in [1.82, 2.24) is 10.3 Å². The normalized spacial score (nSPS) is 9.57. The fourth-order valence-corrected chi connectivity index (χ4v) is 1.90. The quantitative estimate of drug-likeness (QED) is 0.821. The van der Waals surface area contributed by atoms with Crippen LogP contribution >= 0.6 is 0 Å². The molecule has 0 bridgehead atoms. The average molecular weight is 317 g/mol. The van der Waals surface area contributed by atoms with Crippen molar-refractivity contribution in [2.24, 2.45) is 5.90 Å². The van der Waals surface area contributed by atoms with Gasteiger partial charge in [0.25, 0.3) is 0 Å². The molecule has 6 nitrogen and oxygen atoms in total. The van der Waals surface area contributed by atoms with Crippen molar-refractivity contribution in [3.63, 3.8) is 0 Å². The van der Waals surface area contributed by atoms with E-state index in [-0.39, 0.29) is 5.91 Å². The van der Waals surface area contributed by atoms with Gasteiger partial charge in [-0.15, -0.1) is 0 Å². The molecule has 124 valence electrons. The first-order valence-corrected chi connectivity index (χ1v) is 7.17. The second kappa shape index (κ2) is 10.3. The van der Waals surface area contributed by atoms with Crippen LogP contribution in [0.1, 0.15) is 16.7 Å². The van der Waals surface area contributed by atoms with Gasteiger partial charge in [0, 0.05) is 18.8 Å². The molecule has 23 heavy (non-hydrogen) atoms. The minimum absolute atomic E-state index is 0.00790. The van der Waals surface area contributed by atoms with E-state index in [0.29, 0.717) is 18.9 Å². The summed E-state index contributed by atoms with van der Waals surface area (Å²) in [5.41, 5.74) is 2.97. The monoisotopic (exact) mass is 317 g/mol. The second-order valence-corrected chi connectivity index (χ2v) is 4.77. The van der Waals surface area contributed by atoms with Crippen LogP contribution in [0.25, 0.3) is 0 Å². The highest BCUT2D eigenvalue weighted by atomic mass is 16.6. The molecule has 0 aliphatic heterocycles. The lowest BCUT2D eigenvalue weighted by Gasteiger charge is -2.11. The number of hydrogen-bond acceptors (Lipinski definition) is 5. The number of ether oxygens (including phenoxy) is 1. The number of hydrogen-bond donors (Lipinski definition) is 2. The lowest BCUT2D eigenvalue weighted by molar-refractivity contribution is -0.119. The van der Waals surface area contributed by atoms with Crippen molar-refractivity contribution in [3.05, 3.63) is 59.3 Å². The summed E-state index contributed by atoms with van der Waals surface area (Å²) in [5, 5.41) is 2.63. The Morgan fingerprint density at radius 1 is 1.22 bits per heavy atom. The number of aromatic nitrogens is 1. The van der Waals surface area contributed by atoms with Crippen molar-refractivity contribution in [2.75, 3.05) is 14.2 Å². The number of likely N-dealkylation sites (N-methyl/N-ethyl adjacent to an activating group) is 1. The number of amides is 1. The number of nitrogens with zero attached hydrogens (tertiary/aromatic N) is 1. The first-order valence-electron chi connectivity index (χ1n) is 7.17. The van der Waals surface area contributed by atoms with Gasteiger partial charge in [-0.3, -0.25) is 4.79 Å². The van der Waals surface area contributed by atoms with E-state index in [0.717, 1.165) is 16.7 Å². The van der Waals surface area contributed by atoms with Crippen molar-refractivity contribution in [3.8, 4) is 5.88 Å². The number of carbonyl (C=O) groups excluding carboxylic acids is 1. The Balaban J connectivity index is 0.000000816. The molecule has 3 N–H and O–H groups in total. The van der Waals surface area contributed by atoms with Crippen molar-refractivity contribution >= 4 is 5.91 Å². The lowest BCUT2D eigenvalue weighted by atomic mass is 10.0. The summed E-state index contributed by atoms with van der Waals surface area (Å²) >= 11 is 0. The van der Waals surface area contributed by atoms with Crippen LogP contribution < -0.4 is 16.0 Å². The van der Waals surface area contributed by atoms with Gasteiger partial charge in [0.2, 0.25) is 11.8 Å². The molecule has 0 radical (unpaired) electrons. The Kier molecular flexibility index (Phi) is 8.34. The standard InChI is InChI=1S/C16H18N2O2.CH5NO/c1-12-6-5-9-18-16(12)20-11-14-8-4-3-7-13(14)10-15(19)17-2;1-3-2/h3-9H,10-11H2,1-2H3,(H,17,19);2H2,1H3. The van der Waals surface area contributed by atoms with E-state index in [9.17, 15) is 4.79 Å². The molecular weight excluding hydrogens is 294 g/mol. The van der Waals surface area contributed by atoms with Crippen LogP contribution in [0.2, 0.25) is 0 Å². The summed E-state index contributed by atoms with van der Waals surface area (Å²) in [4.78, 5) is 19.4. The number of benzene rings is 1. The molecule has 0 aliphatic rings. The van der Waals surface area contributed by atoms with Crippen molar-refractivity contribution < 1.29 is 14.4 Å². The number of nitrogens with one attached hydrogen (secondary N) is 1. The van der Waals surface area contributed by atoms with E-state index in [1.54, 1.807) is 13.2 Å². The SMILES string of the molecule is CNC(=O)Cc1ccccc1COc1ncccc1C.CON. The third-order valence-corrected chi connectivity index (χ3v) is 3.07. The number of pyridine rings is 1. The Morgan fingerprint density at radius 2 is 1.87 bits per heavy atom. The Bertz CT molecular complexity index is 618. The molecular formula is C17H23N3O3. The predicted molar refractivity (Wildman–Crippen MR) is 88.7 cm³/mol. The Hall–Kier alpha value is -2.44. The maximum absolute atomic E-state index is 11.5. The van der Waals surface area contributed by atoms with Crippen LogP contribution in [0.15, 0.2) is 42.6 Å². The summed E-state index contributed by atoms with van der Waals surface area (Å²) in [6.45, 7) is 2.36. The van der Waals surface area contributed by atoms with Crippen LogP contribution in [0.5, 0.6) is 5.88 Å². The van der Waals surface area contributed by atoms with Crippen LogP contribution in [0.3, 0.4) is 0 Å². The molecule has 0 saturated heterocycles. The summed E-state index contributed by atoms with van der Waals surface area (Å²) < 4.78 is 5.74. The fourth-order valence-electron chi connectivity index (χ4n) is 1.90. The van der Waals surface area contributed by atoms with Gasteiger partial charge in [0.15, 0.2) is 0 Å². The van der Waals surface area contributed by atoms with E-state index in [1.807, 2.05) is 43.3 Å². The van der Waals surface area contributed by atoms with Crippen molar-refractivity contribution in [1.29, 1.82) is 0 Å². The summed E-state index contributed by atoms with van der Waals surface area (Å²) in [5.74, 6) is 4.97. The van der Waals surface area contributed by atoms with E-state index in [4.69, 9.17) is 4.74 Å². The minimum atomic E-state index is -0.00790. The van der Waals surface area contributed by atoms with E-state index in [2.05, 4.69) is 21.0 Å². The molecule has 6 heteroatoms. The molecule has 0 saturated carbocycles. The highest BCUT2D eigenvalue weighted by molar-refractivity contribution is 5.78. The molecule has 0 unspecified atom stereocenters. The molecule has 1 aromatic carbocycles. The zero-order valence-corrected chi connectivity index (χ0v) is 13.7. The first kappa shape index (κ1) is 18.6. The lowest BCUT2D eigenvalue weighted by Crippen LogP contribution is -2.20. The van der Waals surface area contributed by atoms with Gasteiger partial charge in [0.05, 0.1) is 13.5 Å². The van der Waals surface area contributed by atoms with Gasteiger partial charge >= 0.3 is 0 Å². The Morgan fingerprint density at radius 3 is 2.48 bits per heavy atom. The van der Waals surface area contributed by atoms with Crippen LogP contribution in [-0.4, -0.2) is 25.0 Å². The predicted octanol–water partition coefficient (Wildman–Crippen LogP) is 1.76. The average Bonchev–Trinajstić information content (AvgIpc) is 2.56. The van der Waals surface area contributed by atoms with Crippen LogP contribution in [-0.2, 0) is 22.7 Å². The van der Waals surface area contributed by atoms with Crippen LogP contribution in [0.4, 0.5) is 0 Å². The highest BCUT2D eigenvalue weighted by Gasteiger charge is 2.08.